The molecule has 0 unspecified atom stereocenters. The number of hydrogen-bond donors (Lipinski definition) is 1. The maximum atomic E-state index is 9.77. The van der Waals surface area contributed by atoms with Crippen molar-refractivity contribution in [3.8, 4) is 5.88 Å². The van der Waals surface area contributed by atoms with Gasteiger partial charge in [-0.15, -0.1) is 0 Å². The number of aliphatic hydroxyl groups is 1. The van der Waals surface area contributed by atoms with Crippen LogP contribution in [0.5, 0.6) is 5.88 Å². The Kier molecular flexibility index (Phi) is 5.61. The monoisotopic (exact) mass is 329 g/mol. The van der Waals surface area contributed by atoms with Crippen LogP contribution in [0, 0.1) is 0 Å². The molecule has 0 aliphatic heterocycles. The van der Waals surface area contributed by atoms with Crippen LogP contribution < -0.4 is 4.74 Å². The Bertz CT molecular complexity index is 682. The van der Waals surface area contributed by atoms with Gasteiger partial charge in [-0.2, -0.15) is 0 Å². The van der Waals surface area contributed by atoms with Crippen LogP contribution in [0.25, 0.3) is 10.9 Å². The van der Waals surface area contributed by atoms with Crippen molar-refractivity contribution < 1.29 is 9.84 Å². The van der Waals surface area contributed by atoms with Gasteiger partial charge in [0.15, 0.2) is 0 Å². The maximum absolute atomic E-state index is 9.77. The van der Waals surface area contributed by atoms with Crippen LogP contribution in [0.15, 0.2) is 12.4 Å². The third-order valence-corrected chi connectivity index (χ3v) is 5.00. The van der Waals surface area contributed by atoms with E-state index in [-0.39, 0.29) is 6.10 Å². The van der Waals surface area contributed by atoms with E-state index in [0.717, 1.165) is 55.3 Å². The van der Waals surface area contributed by atoms with E-state index in [4.69, 9.17) is 9.72 Å². The molecular weight excluding hydrogens is 302 g/mol. The second-order valence-electron chi connectivity index (χ2n) is 6.73. The van der Waals surface area contributed by atoms with E-state index in [1.54, 1.807) is 7.11 Å². The standard InChI is InChI=1S/C19H27N3O2/c1-3-4-5-6-17-20-12-16-18(22-17)15(11-21-19(16)24-2)13-7-9-14(23)10-8-13/h11-14,23H,3-10H2,1-2H3. The van der Waals surface area contributed by atoms with Gasteiger partial charge in [0.1, 0.15) is 5.82 Å². The minimum atomic E-state index is -0.155. The van der Waals surface area contributed by atoms with Gasteiger partial charge in [-0.05, 0) is 38.0 Å². The predicted octanol–water partition coefficient (Wildman–Crippen LogP) is 3.78. The third-order valence-electron chi connectivity index (χ3n) is 5.00. The van der Waals surface area contributed by atoms with E-state index < -0.39 is 0 Å². The number of rotatable bonds is 6. The summed E-state index contributed by atoms with van der Waals surface area (Å²) in [6.45, 7) is 2.20. The summed E-state index contributed by atoms with van der Waals surface area (Å²) in [7, 11) is 1.63. The molecule has 5 heteroatoms. The van der Waals surface area contributed by atoms with Crippen LogP contribution in [-0.4, -0.2) is 33.3 Å². The zero-order valence-corrected chi connectivity index (χ0v) is 14.7. The topological polar surface area (TPSA) is 68.1 Å². The number of hydrogen-bond acceptors (Lipinski definition) is 5. The van der Waals surface area contributed by atoms with Crippen molar-refractivity contribution in [2.45, 2.75) is 70.3 Å². The lowest BCUT2D eigenvalue weighted by Crippen LogP contribution is -2.17. The lowest BCUT2D eigenvalue weighted by atomic mass is 9.83. The van der Waals surface area contributed by atoms with E-state index in [1.165, 1.54) is 18.4 Å². The highest BCUT2D eigenvalue weighted by Crippen LogP contribution is 2.37. The molecule has 2 heterocycles. The molecule has 2 aromatic rings. The molecule has 24 heavy (non-hydrogen) atoms. The Morgan fingerprint density at radius 2 is 1.92 bits per heavy atom. The molecule has 0 radical (unpaired) electrons. The molecule has 1 N–H and O–H groups in total. The predicted molar refractivity (Wildman–Crippen MR) is 94.3 cm³/mol. The molecule has 5 nitrogen and oxygen atoms in total. The molecular formula is C19H27N3O2. The summed E-state index contributed by atoms with van der Waals surface area (Å²) in [4.78, 5) is 13.8. The SMILES string of the molecule is CCCCCc1ncc2c(OC)ncc(C3CCC(O)CC3)c2n1. The second-order valence-corrected chi connectivity index (χ2v) is 6.73. The highest BCUT2D eigenvalue weighted by Gasteiger charge is 2.24. The average Bonchev–Trinajstić information content (AvgIpc) is 2.62. The first-order valence-corrected chi connectivity index (χ1v) is 9.09. The Balaban J connectivity index is 1.96. The highest BCUT2D eigenvalue weighted by atomic mass is 16.5. The fraction of sp³-hybridized carbons (Fsp3) is 0.632. The van der Waals surface area contributed by atoms with Gasteiger partial charge in [0, 0.05) is 24.4 Å². The summed E-state index contributed by atoms with van der Waals surface area (Å²) < 4.78 is 5.39. The van der Waals surface area contributed by atoms with E-state index in [0.29, 0.717) is 11.8 Å². The average molecular weight is 329 g/mol. The summed E-state index contributed by atoms with van der Waals surface area (Å²) in [5.74, 6) is 1.90. The molecule has 0 aromatic carbocycles. The number of aliphatic hydroxyl groups excluding tert-OH is 1. The lowest BCUT2D eigenvalue weighted by molar-refractivity contribution is 0.122. The van der Waals surface area contributed by atoms with Crippen LogP contribution in [0.1, 0.15) is 69.2 Å². The number of fused-ring (bicyclic) bond motifs is 1. The first-order valence-electron chi connectivity index (χ1n) is 9.09. The van der Waals surface area contributed by atoms with Gasteiger partial charge >= 0.3 is 0 Å². The van der Waals surface area contributed by atoms with Crippen LogP contribution in [0.2, 0.25) is 0 Å². The van der Waals surface area contributed by atoms with Gasteiger partial charge in [-0.3, -0.25) is 0 Å². The van der Waals surface area contributed by atoms with E-state index >= 15 is 0 Å². The van der Waals surface area contributed by atoms with Crippen LogP contribution >= 0.6 is 0 Å². The second kappa shape index (κ2) is 7.88. The molecule has 1 aliphatic rings. The number of unbranched alkanes of at least 4 members (excludes halogenated alkanes) is 2. The molecule has 3 rings (SSSR count). The molecule has 1 fully saturated rings. The highest BCUT2D eigenvalue weighted by molar-refractivity contribution is 5.85. The Morgan fingerprint density at radius 1 is 1.12 bits per heavy atom. The number of aromatic nitrogens is 3. The largest absolute Gasteiger partial charge is 0.480 e. The zero-order valence-electron chi connectivity index (χ0n) is 14.7. The van der Waals surface area contributed by atoms with Crippen molar-refractivity contribution in [2.24, 2.45) is 0 Å². The lowest BCUT2D eigenvalue weighted by Gasteiger charge is -2.26. The van der Waals surface area contributed by atoms with Crippen molar-refractivity contribution in [3.05, 3.63) is 23.8 Å². The molecule has 2 aromatic heterocycles. The Hall–Kier alpha value is -1.75. The summed E-state index contributed by atoms with van der Waals surface area (Å²) >= 11 is 0. The molecule has 1 saturated carbocycles. The molecule has 0 amide bonds. The van der Waals surface area contributed by atoms with Crippen molar-refractivity contribution in [3.63, 3.8) is 0 Å². The summed E-state index contributed by atoms with van der Waals surface area (Å²) in [6.07, 6.45) is 11.7. The van der Waals surface area contributed by atoms with Gasteiger partial charge in [-0.25, -0.2) is 15.0 Å². The quantitative estimate of drug-likeness (QED) is 0.817. The minimum Gasteiger partial charge on any atom is -0.480 e. The molecule has 0 bridgehead atoms. The smallest absolute Gasteiger partial charge is 0.224 e. The number of methoxy groups -OCH3 is 1. The van der Waals surface area contributed by atoms with Crippen molar-refractivity contribution in [2.75, 3.05) is 7.11 Å². The summed E-state index contributed by atoms with van der Waals surface area (Å²) in [5.41, 5.74) is 2.15. The Labute approximate surface area is 143 Å². The minimum absolute atomic E-state index is 0.155. The van der Waals surface area contributed by atoms with Crippen molar-refractivity contribution in [1.82, 2.24) is 15.0 Å². The van der Waals surface area contributed by atoms with Gasteiger partial charge in [-0.1, -0.05) is 19.8 Å². The van der Waals surface area contributed by atoms with Crippen molar-refractivity contribution >= 4 is 10.9 Å². The fourth-order valence-corrected chi connectivity index (χ4v) is 3.56. The number of pyridine rings is 1. The first kappa shape index (κ1) is 17.1. The molecule has 0 saturated heterocycles. The summed E-state index contributed by atoms with van der Waals surface area (Å²) in [6, 6.07) is 0. The van der Waals surface area contributed by atoms with Crippen LogP contribution in [-0.2, 0) is 6.42 Å². The molecule has 0 spiro atoms. The molecule has 0 atom stereocenters. The van der Waals surface area contributed by atoms with E-state index in [9.17, 15) is 5.11 Å². The van der Waals surface area contributed by atoms with Gasteiger partial charge in [0.2, 0.25) is 5.88 Å². The van der Waals surface area contributed by atoms with Gasteiger partial charge < -0.3 is 9.84 Å². The third kappa shape index (κ3) is 3.66. The van der Waals surface area contributed by atoms with Crippen molar-refractivity contribution in [1.29, 1.82) is 0 Å². The van der Waals surface area contributed by atoms with E-state index in [2.05, 4.69) is 16.9 Å². The summed E-state index contributed by atoms with van der Waals surface area (Å²) in [5, 5.41) is 10.7. The molecule has 130 valence electrons. The first-order chi connectivity index (χ1) is 11.7. The van der Waals surface area contributed by atoms with Gasteiger partial charge in [0.25, 0.3) is 0 Å². The Morgan fingerprint density at radius 3 is 2.62 bits per heavy atom. The van der Waals surface area contributed by atoms with E-state index in [1.807, 2.05) is 12.4 Å². The van der Waals surface area contributed by atoms with Crippen LogP contribution in [0.3, 0.4) is 0 Å². The number of ether oxygens (including phenoxy) is 1. The maximum Gasteiger partial charge on any atom is 0.224 e. The number of aryl methyl sites for hydroxylation is 1. The van der Waals surface area contributed by atoms with Crippen LogP contribution in [0.4, 0.5) is 0 Å². The normalized spacial score (nSPS) is 21.1. The fourth-order valence-electron chi connectivity index (χ4n) is 3.56. The number of nitrogens with zero attached hydrogens (tertiary/aromatic N) is 3. The zero-order chi connectivity index (χ0) is 16.9. The van der Waals surface area contributed by atoms with Gasteiger partial charge in [0.05, 0.1) is 24.1 Å². The molecule has 1 aliphatic carbocycles.